The zero-order chi connectivity index (χ0) is 18.4. The van der Waals surface area contributed by atoms with Crippen LogP contribution in [0.25, 0.3) is 0 Å². The van der Waals surface area contributed by atoms with Crippen LogP contribution in [0.5, 0.6) is 0 Å². The zero-order valence-corrected chi connectivity index (χ0v) is 13.8. The van der Waals surface area contributed by atoms with E-state index < -0.39 is 24.0 Å². The van der Waals surface area contributed by atoms with E-state index in [-0.39, 0.29) is 6.42 Å². The third kappa shape index (κ3) is 5.58. The first-order valence-corrected chi connectivity index (χ1v) is 7.82. The highest BCUT2D eigenvalue weighted by molar-refractivity contribution is 5.78. The summed E-state index contributed by atoms with van der Waals surface area (Å²) < 4.78 is 0. The fraction of sp³-hybridized carbons (Fsp3) is 0.278. The van der Waals surface area contributed by atoms with Crippen LogP contribution in [0.1, 0.15) is 16.7 Å². The molecule has 2 rings (SSSR count). The summed E-state index contributed by atoms with van der Waals surface area (Å²) in [6.45, 7) is 1.95. The molecule has 0 aliphatic heterocycles. The first kappa shape index (κ1) is 18.4. The number of nitrogens with two attached hydrogens (primary N) is 1. The summed E-state index contributed by atoms with van der Waals surface area (Å²) in [5.41, 5.74) is 8.63. The molecule has 2 aromatic rings. The molecule has 0 saturated carbocycles. The fourth-order valence-electron chi connectivity index (χ4n) is 2.50. The molecule has 2 atom stereocenters. The molecule has 0 aliphatic rings. The number of pyridine rings is 1. The van der Waals surface area contributed by atoms with Crippen molar-refractivity contribution in [2.24, 2.45) is 5.73 Å². The number of hydrogen-bond acceptors (Lipinski definition) is 5. The lowest BCUT2D eigenvalue weighted by Gasteiger charge is -2.17. The molecular formula is C18H21N3O4. The number of nitrogens with one attached hydrogen (secondary N) is 1. The maximum absolute atomic E-state index is 11.6. The quantitative estimate of drug-likeness (QED) is 0.571. The van der Waals surface area contributed by atoms with E-state index in [1.54, 1.807) is 6.07 Å². The van der Waals surface area contributed by atoms with Crippen LogP contribution >= 0.6 is 0 Å². The predicted molar refractivity (Wildman–Crippen MR) is 93.5 cm³/mol. The van der Waals surface area contributed by atoms with E-state index in [0.717, 1.165) is 11.1 Å². The predicted octanol–water partition coefficient (Wildman–Crippen LogP) is 1.45. The summed E-state index contributed by atoms with van der Waals surface area (Å²) in [6, 6.07) is 7.47. The van der Waals surface area contributed by atoms with Gasteiger partial charge in [-0.15, -0.1) is 0 Å². The fourth-order valence-corrected chi connectivity index (χ4v) is 2.50. The van der Waals surface area contributed by atoms with Crippen LogP contribution < -0.4 is 11.1 Å². The van der Waals surface area contributed by atoms with Gasteiger partial charge in [0, 0.05) is 18.8 Å². The lowest BCUT2D eigenvalue weighted by molar-refractivity contribution is -0.139. The smallest absolute Gasteiger partial charge is 0.326 e. The van der Waals surface area contributed by atoms with Crippen molar-refractivity contribution in [3.63, 3.8) is 0 Å². The third-order valence-corrected chi connectivity index (χ3v) is 3.73. The van der Waals surface area contributed by atoms with Crippen molar-refractivity contribution < 1.29 is 19.8 Å². The van der Waals surface area contributed by atoms with E-state index in [0.29, 0.717) is 17.7 Å². The van der Waals surface area contributed by atoms with Crippen LogP contribution in [0.15, 0.2) is 42.7 Å². The Morgan fingerprint density at radius 1 is 1.12 bits per heavy atom. The minimum Gasteiger partial charge on any atom is -0.480 e. The Labute approximate surface area is 145 Å². The average molecular weight is 343 g/mol. The van der Waals surface area contributed by atoms with Crippen molar-refractivity contribution in [1.82, 2.24) is 4.98 Å². The number of hydrogen-bond donors (Lipinski definition) is 4. The second-order valence-corrected chi connectivity index (χ2v) is 5.96. The molecule has 1 aromatic heterocycles. The van der Waals surface area contributed by atoms with Crippen LogP contribution in [0.3, 0.4) is 0 Å². The van der Waals surface area contributed by atoms with Gasteiger partial charge in [0.1, 0.15) is 12.1 Å². The van der Waals surface area contributed by atoms with Gasteiger partial charge in [0.25, 0.3) is 0 Å². The molecule has 0 aliphatic carbocycles. The molecule has 0 radical (unpaired) electrons. The van der Waals surface area contributed by atoms with Crippen LogP contribution in [0.4, 0.5) is 5.69 Å². The van der Waals surface area contributed by atoms with Crippen LogP contribution in [-0.4, -0.2) is 39.2 Å². The molecule has 5 N–H and O–H groups in total. The highest BCUT2D eigenvalue weighted by Crippen LogP contribution is 2.14. The standard InChI is InChI=1S/C18H21N3O4/c1-11-3-2-4-12(5-11)8-16(18(24)25)21-14-6-13(9-20-10-14)7-15(19)17(22)23/h2-6,9-10,15-16,21H,7-8,19H2,1H3,(H,22,23)(H,24,25). The minimum atomic E-state index is -1.10. The number of anilines is 1. The van der Waals surface area contributed by atoms with Crippen molar-refractivity contribution >= 4 is 17.6 Å². The number of rotatable bonds is 8. The lowest BCUT2D eigenvalue weighted by atomic mass is 10.0. The van der Waals surface area contributed by atoms with Crippen molar-refractivity contribution in [2.75, 3.05) is 5.32 Å². The normalized spacial score (nSPS) is 13.0. The first-order valence-electron chi connectivity index (χ1n) is 7.82. The van der Waals surface area contributed by atoms with E-state index >= 15 is 0 Å². The van der Waals surface area contributed by atoms with E-state index in [1.807, 2.05) is 31.2 Å². The van der Waals surface area contributed by atoms with Gasteiger partial charge in [-0.25, -0.2) is 4.79 Å². The summed E-state index contributed by atoms with van der Waals surface area (Å²) >= 11 is 0. The second kappa shape index (κ2) is 8.25. The number of benzene rings is 1. The number of carboxylic acid groups (broad SMARTS) is 2. The Balaban J connectivity index is 2.11. The Bertz CT molecular complexity index is 763. The first-order chi connectivity index (χ1) is 11.8. The Hall–Kier alpha value is -2.93. The summed E-state index contributed by atoms with van der Waals surface area (Å²) in [6.07, 6.45) is 3.45. The molecule has 2 unspecified atom stereocenters. The number of carbonyl (C=O) groups is 2. The molecule has 132 valence electrons. The lowest BCUT2D eigenvalue weighted by Crippen LogP contribution is -2.33. The zero-order valence-electron chi connectivity index (χ0n) is 13.8. The summed E-state index contributed by atoms with van der Waals surface area (Å²) in [4.78, 5) is 26.4. The Morgan fingerprint density at radius 3 is 2.52 bits per heavy atom. The number of aliphatic carboxylic acids is 2. The van der Waals surface area contributed by atoms with Gasteiger partial charge in [-0.2, -0.15) is 0 Å². The van der Waals surface area contributed by atoms with Gasteiger partial charge < -0.3 is 21.3 Å². The molecule has 0 saturated heterocycles. The average Bonchev–Trinajstić information content (AvgIpc) is 2.54. The molecule has 1 heterocycles. The van der Waals surface area contributed by atoms with Crippen molar-refractivity contribution in [3.05, 3.63) is 59.4 Å². The molecule has 0 fully saturated rings. The number of aromatic nitrogens is 1. The molecule has 0 amide bonds. The van der Waals surface area contributed by atoms with Crippen molar-refractivity contribution in [2.45, 2.75) is 31.8 Å². The van der Waals surface area contributed by atoms with E-state index in [2.05, 4.69) is 10.3 Å². The molecule has 7 heteroatoms. The molecule has 0 bridgehead atoms. The van der Waals surface area contributed by atoms with Crippen molar-refractivity contribution in [3.8, 4) is 0 Å². The Morgan fingerprint density at radius 2 is 1.88 bits per heavy atom. The van der Waals surface area contributed by atoms with Gasteiger partial charge >= 0.3 is 11.9 Å². The molecule has 7 nitrogen and oxygen atoms in total. The maximum atomic E-state index is 11.6. The van der Waals surface area contributed by atoms with Gasteiger partial charge in [-0.1, -0.05) is 29.8 Å². The van der Waals surface area contributed by atoms with Gasteiger partial charge in [-0.05, 0) is 30.5 Å². The monoisotopic (exact) mass is 343 g/mol. The second-order valence-electron chi connectivity index (χ2n) is 5.96. The summed E-state index contributed by atoms with van der Waals surface area (Å²) in [5, 5.41) is 21.3. The Kier molecular flexibility index (Phi) is 6.08. The largest absolute Gasteiger partial charge is 0.480 e. The van der Waals surface area contributed by atoms with Gasteiger partial charge in [0.15, 0.2) is 0 Å². The van der Waals surface area contributed by atoms with Crippen LogP contribution in [0, 0.1) is 6.92 Å². The van der Waals surface area contributed by atoms with Crippen LogP contribution in [0.2, 0.25) is 0 Å². The molecule has 0 spiro atoms. The van der Waals surface area contributed by atoms with Gasteiger partial charge in [-0.3, -0.25) is 9.78 Å². The van der Waals surface area contributed by atoms with Crippen LogP contribution in [-0.2, 0) is 22.4 Å². The summed E-state index contributed by atoms with van der Waals surface area (Å²) in [5.74, 6) is -2.07. The molecule has 1 aromatic carbocycles. The van der Waals surface area contributed by atoms with E-state index in [4.69, 9.17) is 10.8 Å². The third-order valence-electron chi connectivity index (χ3n) is 3.73. The highest BCUT2D eigenvalue weighted by atomic mass is 16.4. The summed E-state index contributed by atoms with van der Waals surface area (Å²) in [7, 11) is 0. The number of carboxylic acids is 2. The van der Waals surface area contributed by atoms with Gasteiger partial charge in [0.05, 0.1) is 5.69 Å². The highest BCUT2D eigenvalue weighted by Gasteiger charge is 2.19. The number of nitrogens with zero attached hydrogens (tertiary/aromatic N) is 1. The topological polar surface area (TPSA) is 126 Å². The van der Waals surface area contributed by atoms with E-state index in [1.165, 1.54) is 12.4 Å². The number of aryl methyl sites for hydroxylation is 1. The maximum Gasteiger partial charge on any atom is 0.326 e. The molecular weight excluding hydrogens is 322 g/mol. The van der Waals surface area contributed by atoms with E-state index in [9.17, 15) is 14.7 Å². The van der Waals surface area contributed by atoms with Crippen molar-refractivity contribution in [1.29, 1.82) is 0 Å². The minimum absolute atomic E-state index is 0.119. The van der Waals surface area contributed by atoms with Gasteiger partial charge in [0.2, 0.25) is 0 Å². The SMILES string of the molecule is Cc1cccc(CC(Nc2cncc(CC(N)C(=O)O)c2)C(=O)O)c1. The molecule has 25 heavy (non-hydrogen) atoms.